The molecule has 0 aliphatic carbocycles. The average Bonchev–Trinajstić information content (AvgIpc) is 2.37. The van der Waals surface area contributed by atoms with Crippen LogP contribution in [0.25, 0.3) is 0 Å². The molecule has 1 nitrogen and oxygen atoms in total. The van der Waals surface area contributed by atoms with Gasteiger partial charge in [-0.15, -0.1) is 11.6 Å². The van der Waals surface area contributed by atoms with Crippen LogP contribution in [-0.2, 0) is 12.5 Å². The number of hydrogen-bond donors (Lipinski definition) is 0. The Bertz CT molecular complexity index is 561. The number of alkyl halides is 1. The summed E-state index contributed by atoms with van der Waals surface area (Å²) in [5.74, 6) is 0.463. The number of rotatable bonds is 4. The monoisotopic (exact) mass is 278 g/mol. The molecule has 0 atom stereocenters. The highest BCUT2D eigenvalue weighted by Gasteiger charge is 2.05. The highest BCUT2D eigenvalue weighted by Crippen LogP contribution is 2.21. The fourth-order valence-electron chi connectivity index (χ4n) is 2.01. The first-order valence-electron chi connectivity index (χ1n) is 6.13. The van der Waals surface area contributed by atoms with Crippen molar-refractivity contribution in [2.75, 3.05) is 0 Å². The second-order valence-electron chi connectivity index (χ2n) is 4.59. The van der Waals surface area contributed by atoms with Gasteiger partial charge < -0.3 is 4.74 Å². The van der Waals surface area contributed by atoms with Crippen LogP contribution in [-0.4, -0.2) is 0 Å². The molecule has 0 fully saturated rings. The number of hydrogen-bond acceptors (Lipinski definition) is 1. The molecular formula is C16H16ClFO. The summed E-state index contributed by atoms with van der Waals surface area (Å²) in [6, 6.07) is 10.7. The molecule has 0 unspecified atom stereocenters. The van der Waals surface area contributed by atoms with E-state index in [9.17, 15) is 4.39 Å². The van der Waals surface area contributed by atoms with Gasteiger partial charge >= 0.3 is 0 Å². The quantitative estimate of drug-likeness (QED) is 0.733. The van der Waals surface area contributed by atoms with E-state index >= 15 is 0 Å². The van der Waals surface area contributed by atoms with Crippen molar-refractivity contribution < 1.29 is 9.13 Å². The molecule has 100 valence electrons. The van der Waals surface area contributed by atoms with Gasteiger partial charge in [0.2, 0.25) is 0 Å². The molecule has 2 rings (SSSR count). The molecule has 0 radical (unpaired) electrons. The predicted octanol–water partition coefficient (Wildman–Crippen LogP) is 4.76. The van der Waals surface area contributed by atoms with Crippen LogP contribution < -0.4 is 4.74 Å². The standard InChI is InChI=1S/C16H16ClFO/c1-11-4-3-5-12(2)16(11)10-19-15-7-13(9-17)6-14(18)8-15/h3-8H,9-10H2,1-2H3. The normalized spacial score (nSPS) is 10.5. The van der Waals surface area contributed by atoms with Crippen molar-refractivity contribution in [1.82, 2.24) is 0 Å². The Hall–Kier alpha value is -1.54. The van der Waals surface area contributed by atoms with E-state index in [4.69, 9.17) is 16.3 Å². The zero-order valence-electron chi connectivity index (χ0n) is 11.0. The van der Waals surface area contributed by atoms with Crippen LogP contribution in [0.2, 0.25) is 0 Å². The summed E-state index contributed by atoms with van der Waals surface area (Å²) < 4.78 is 19.0. The highest BCUT2D eigenvalue weighted by atomic mass is 35.5. The Morgan fingerprint density at radius 3 is 2.42 bits per heavy atom. The van der Waals surface area contributed by atoms with Crippen LogP contribution in [0.3, 0.4) is 0 Å². The Balaban J connectivity index is 2.16. The molecule has 2 aromatic rings. The maximum Gasteiger partial charge on any atom is 0.127 e. The average molecular weight is 279 g/mol. The van der Waals surface area contributed by atoms with Crippen LogP contribution in [0.15, 0.2) is 36.4 Å². The molecule has 0 aliphatic rings. The van der Waals surface area contributed by atoms with E-state index in [-0.39, 0.29) is 11.7 Å². The molecule has 0 bridgehead atoms. The second-order valence-corrected chi connectivity index (χ2v) is 4.86. The third-order valence-electron chi connectivity index (χ3n) is 3.11. The van der Waals surface area contributed by atoms with Crippen molar-refractivity contribution >= 4 is 11.6 Å². The van der Waals surface area contributed by atoms with Crippen molar-refractivity contribution in [3.05, 3.63) is 64.5 Å². The van der Waals surface area contributed by atoms with Gasteiger partial charge in [0, 0.05) is 11.9 Å². The first-order valence-corrected chi connectivity index (χ1v) is 6.67. The summed E-state index contributed by atoms with van der Waals surface area (Å²) in [5.41, 5.74) is 4.21. The van der Waals surface area contributed by atoms with E-state index in [1.807, 2.05) is 32.0 Å². The summed E-state index contributed by atoms with van der Waals surface area (Å²) >= 11 is 5.72. The van der Waals surface area contributed by atoms with Crippen molar-refractivity contribution in [1.29, 1.82) is 0 Å². The van der Waals surface area contributed by atoms with Crippen molar-refractivity contribution in [2.45, 2.75) is 26.3 Å². The molecule has 0 heterocycles. The van der Waals surface area contributed by atoms with Gasteiger partial charge in [-0.05, 0) is 48.2 Å². The second kappa shape index (κ2) is 6.07. The van der Waals surface area contributed by atoms with Gasteiger partial charge in [0.1, 0.15) is 18.2 Å². The maximum atomic E-state index is 13.4. The first kappa shape index (κ1) is 13.9. The van der Waals surface area contributed by atoms with Gasteiger partial charge in [-0.3, -0.25) is 0 Å². The lowest BCUT2D eigenvalue weighted by molar-refractivity contribution is 0.303. The van der Waals surface area contributed by atoms with Crippen LogP contribution in [0, 0.1) is 19.7 Å². The third kappa shape index (κ3) is 3.48. The lowest BCUT2D eigenvalue weighted by Crippen LogP contribution is -2.01. The zero-order valence-corrected chi connectivity index (χ0v) is 11.8. The largest absolute Gasteiger partial charge is 0.489 e. The summed E-state index contributed by atoms with van der Waals surface area (Å²) in [4.78, 5) is 0. The summed E-state index contributed by atoms with van der Waals surface area (Å²) in [7, 11) is 0. The van der Waals surface area contributed by atoms with Gasteiger partial charge in [-0.25, -0.2) is 4.39 Å². The molecule has 2 aromatic carbocycles. The summed E-state index contributed by atoms with van der Waals surface area (Å²) in [6.07, 6.45) is 0. The van der Waals surface area contributed by atoms with Gasteiger partial charge in [-0.2, -0.15) is 0 Å². The SMILES string of the molecule is Cc1cccc(C)c1COc1cc(F)cc(CCl)c1. The minimum absolute atomic E-state index is 0.275. The Morgan fingerprint density at radius 1 is 1.11 bits per heavy atom. The van der Waals surface area contributed by atoms with Crippen LogP contribution >= 0.6 is 11.6 Å². The molecule has 0 aromatic heterocycles. The summed E-state index contributed by atoms with van der Waals surface area (Å²) in [6.45, 7) is 4.52. The molecule has 0 spiro atoms. The minimum Gasteiger partial charge on any atom is -0.489 e. The van der Waals surface area contributed by atoms with Crippen molar-refractivity contribution in [2.24, 2.45) is 0 Å². The van der Waals surface area contributed by atoms with Gasteiger partial charge in [0.05, 0.1) is 0 Å². The van der Waals surface area contributed by atoms with Crippen molar-refractivity contribution in [3.63, 3.8) is 0 Å². The van der Waals surface area contributed by atoms with E-state index < -0.39 is 0 Å². The molecule has 0 N–H and O–H groups in total. The smallest absolute Gasteiger partial charge is 0.127 e. The maximum absolute atomic E-state index is 13.4. The van der Waals surface area contributed by atoms with E-state index in [2.05, 4.69) is 0 Å². The van der Waals surface area contributed by atoms with Crippen LogP contribution in [0.5, 0.6) is 5.75 Å². The fraction of sp³-hybridized carbons (Fsp3) is 0.250. The van der Waals surface area contributed by atoms with E-state index in [1.54, 1.807) is 6.07 Å². The summed E-state index contributed by atoms with van der Waals surface area (Å²) in [5, 5.41) is 0. The molecular weight excluding hydrogens is 263 g/mol. The number of ether oxygens (including phenoxy) is 1. The van der Waals surface area contributed by atoms with Gasteiger partial charge in [0.15, 0.2) is 0 Å². The number of benzene rings is 2. The topological polar surface area (TPSA) is 9.23 Å². The molecule has 0 aliphatic heterocycles. The molecule has 0 saturated carbocycles. The first-order chi connectivity index (χ1) is 9.10. The Labute approximate surface area is 118 Å². The van der Waals surface area contributed by atoms with E-state index in [0.717, 1.165) is 11.1 Å². The minimum atomic E-state index is -0.324. The number of aryl methyl sites for hydroxylation is 2. The lowest BCUT2D eigenvalue weighted by atomic mass is 10.0. The van der Waals surface area contributed by atoms with Gasteiger partial charge in [-0.1, -0.05) is 18.2 Å². The molecule has 0 amide bonds. The van der Waals surface area contributed by atoms with Gasteiger partial charge in [0.25, 0.3) is 0 Å². The highest BCUT2D eigenvalue weighted by molar-refractivity contribution is 6.17. The molecule has 3 heteroatoms. The Kier molecular flexibility index (Phi) is 4.43. The molecule has 0 saturated heterocycles. The lowest BCUT2D eigenvalue weighted by Gasteiger charge is -2.12. The molecule has 19 heavy (non-hydrogen) atoms. The Morgan fingerprint density at radius 2 is 1.79 bits per heavy atom. The number of halogens is 2. The van der Waals surface area contributed by atoms with Crippen molar-refractivity contribution in [3.8, 4) is 5.75 Å². The van der Waals surface area contributed by atoms with E-state index in [1.165, 1.54) is 23.3 Å². The third-order valence-corrected chi connectivity index (χ3v) is 3.42. The van der Waals surface area contributed by atoms with E-state index in [0.29, 0.717) is 12.4 Å². The van der Waals surface area contributed by atoms with Crippen LogP contribution in [0.4, 0.5) is 4.39 Å². The predicted molar refractivity (Wildman–Crippen MR) is 76.2 cm³/mol. The van der Waals surface area contributed by atoms with Crippen LogP contribution in [0.1, 0.15) is 22.3 Å². The zero-order chi connectivity index (χ0) is 13.8. The fourth-order valence-corrected chi connectivity index (χ4v) is 2.17.